The summed E-state index contributed by atoms with van der Waals surface area (Å²) in [5.74, 6) is 0.908. The van der Waals surface area contributed by atoms with Crippen LogP contribution in [0.2, 0.25) is 0 Å². The molecule has 0 aliphatic rings. The molecule has 0 aliphatic carbocycles. The van der Waals surface area contributed by atoms with Gasteiger partial charge >= 0.3 is 0 Å². The van der Waals surface area contributed by atoms with Gasteiger partial charge in [0.05, 0.1) is 12.0 Å². The Morgan fingerprint density at radius 3 is 2.23 bits per heavy atom. The second-order valence-corrected chi connectivity index (χ2v) is 9.10. The minimum atomic E-state index is -3.68. The topological polar surface area (TPSA) is 102 Å². The minimum absolute atomic E-state index is 0.00917. The van der Waals surface area contributed by atoms with Gasteiger partial charge in [-0.15, -0.1) is 0 Å². The van der Waals surface area contributed by atoms with E-state index < -0.39 is 10.0 Å². The van der Waals surface area contributed by atoms with Crippen molar-refractivity contribution < 1.29 is 17.9 Å². The van der Waals surface area contributed by atoms with Crippen LogP contribution in [-0.2, 0) is 27.8 Å². The number of rotatable bonds is 10. The normalized spacial score (nSPS) is 11.5. The molecule has 0 saturated carbocycles. The molecule has 0 radical (unpaired) electrons. The number of hydrogen-bond acceptors (Lipinski definition) is 5. The van der Waals surface area contributed by atoms with Crippen molar-refractivity contribution in [1.82, 2.24) is 10.2 Å². The number of nitrogens with zero attached hydrogens (tertiary/aromatic N) is 1. The first kappa shape index (κ1) is 23.9. The second kappa shape index (κ2) is 10.6. The zero-order chi connectivity index (χ0) is 22.3. The van der Waals surface area contributed by atoms with Crippen molar-refractivity contribution in [3.63, 3.8) is 0 Å². The lowest BCUT2D eigenvalue weighted by molar-refractivity contribution is -0.121. The molecule has 8 heteroatoms. The van der Waals surface area contributed by atoms with Crippen molar-refractivity contribution in [1.29, 1.82) is 0 Å². The first-order valence-corrected chi connectivity index (χ1v) is 11.4. The molecule has 0 aromatic heterocycles. The van der Waals surface area contributed by atoms with E-state index in [1.165, 1.54) is 17.7 Å². The highest BCUT2D eigenvalue weighted by Crippen LogP contribution is 2.24. The average Bonchev–Trinajstić information content (AvgIpc) is 2.66. The number of carbonyl (C=O) groups excluding carboxylic acids is 1. The summed E-state index contributed by atoms with van der Waals surface area (Å²) >= 11 is 0. The molecule has 2 aromatic carbocycles. The van der Waals surface area contributed by atoms with E-state index in [2.05, 4.69) is 22.3 Å². The number of nitrogens with one attached hydrogen (secondary N) is 1. The van der Waals surface area contributed by atoms with E-state index in [4.69, 9.17) is 9.88 Å². The van der Waals surface area contributed by atoms with Crippen LogP contribution in [0.1, 0.15) is 28.7 Å². The zero-order valence-corrected chi connectivity index (χ0v) is 18.9. The van der Waals surface area contributed by atoms with E-state index in [9.17, 15) is 13.2 Å². The highest BCUT2D eigenvalue weighted by atomic mass is 32.2. The van der Waals surface area contributed by atoms with Gasteiger partial charge in [-0.2, -0.15) is 0 Å². The third-order valence-electron chi connectivity index (χ3n) is 4.89. The molecule has 0 fully saturated rings. The van der Waals surface area contributed by atoms with Crippen molar-refractivity contribution in [3.8, 4) is 5.75 Å². The molecule has 0 aliphatic heterocycles. The molecule has 0 atom stereocenters. The van der Waals surface area contributed by atoms with Gasteiger partial charge in [0.2, 0.25) is 15.9 Å². The standard InChI is InChI=1S/C22H31N3O4S/c1-16-13-19(14-17(2)22(16)29-4)15-25(3)12-10-21(26)24-11-9-18-5-7-20(8-6-18)30(23,27)28/h5-8,13-14H,9-12,15H2,1-4H3,(H,24,26)(H2,23,27,28). The minimum Gasteiger partial charge on any atom is -0.496 e. The highest BCUT2D eigenvalue weighted by molar-refractivity contribution is 7.89. The maximum absolute atomic E-state index is 12.1. The molecule has 0 heterocycles. The van der Waals surface area contributed by atoms with Gasteiger partial charge in [0, 0.05) is 26.1 Å². The Morgan fingerprint density at radius 1 is 1.10 bits per heavy atom. The number of carbonyl (C=O) groups is 1. The SMILES string of the molecule is COc1c(C)cc(CN(C)CCC(=O)NCCc2ccc(S(N)(=O)=O)cc2)cc1C. The lowest BCUT2D eigenvalue weighted by Crippen LogP contribution is -2.30. The second-order valence-electron chi connectivity index (χ2n) is 7.54. The maximum Gasteiger partial charge on any atom is 0.238 e. The molecule has 164 valence electrons. The Kier molecular flexibility index (Phi) is 8.40. The number of sulfonamides is 1. The van der Waals surface area contributed by atoms with Crippen molar-refractivity contribution in [2.45, 2.75) is 38.1 Å². The van der Waals surface area contributed by atoms with Crippen molar-refractivity contribution in [2.24, 2.45) is 5.14 Å². The number of aryl methyl sites for hydroxylation is 2. The Morgan fingerprint density at radius 2 is 1.70 bits per heavy atom. The van der Waals surface area contributed by atoms with Crippen LogP contribution in [0.5, 0.6) is 5.75 Å². The van der Waals surface area contributed by atoms with Crippen LogP contribution >= 0.6 is 0 Å². The molecule has 2 aromatic rings. The Balaban J connectivity index is 1.74. The molecule has 2 rings (SSSR count). The van der Waals surface area contributed by atoms with Crippen molar-refractivity contribution in [2.75, 3.05) is 27.2 Å². The Bertz CT molecular complexity index is 949. The number of amides is 1. The summed E-state index contributed by atoms with van der Waals surface area (Å²) in [7, 11) is -0.00567. The van der Waals surface area contributed by atoms with E-state index in [1.807, 2.05) is 20.9 Å². The van der Waals surface area contributed by atoms with Gasteiger partial charge < -0.3 is 15.0 Å². The molecule has 0 bridgehead atoms. The van der Waals surface area contributed by atoms with Crippen LogP contribution in [0.3, 0.4) is 0 Å². The summed E-state index contributed by atoms with van der Waals surface area (Å²) in [6.45, 7) is 5.97. The lowest BCUT2D eigenvalue weighted by Gasteiger charge is -2.18. The van der Waals surface area contributed by atoms with Crippen LogP contribution in [0.15, 0.2) is 41.3 Å². The van der Waals surface area contributed by atoms with Crippen molar-refractivity contribution >= 4 is 15.9 Å². The molecule has 0 unspecified atom stereocenters. The summed E-state index contributed by atoms with van der Waals surface area (Å²) in [4.78, 5) is 14.3. The summed E-state index contributed by atoms with van der Waals surface area (Å²) in [5.41, 5.74) is 4.34. The lowest BCUT2D eigenvalue weighted by atomic mass is 10.1. The zero-order valence-electron chi connectivity index (χ0n) is 18.1. The molecule has 7 nitrogen and oxygen atoms in total. The third-order valence-corrected chi connectivity index (χ3v) is 5.81. The monoisotopic (exact) mass is 433 g/mol. The van der Waals surface area contributed by atoms with Crippen LogP contribution in [-0.4, -0.2) is 46.5 Å². The van der Waals surface area contributed by atoms with Gasteiger partial charge in [-0.05, 0) is 61.7 Å². The van der Waals surface area contributed by atoms with E-state index in [-0.39, 0.29) is 10.8 Å². The van der Waals surface area contributed by atoms with Gasteiger partial charge in [0.1, 0.15) is 5.75 Å². The molecule has 0 spiro atoms. The highest BCUT2D eigenvalue weighted by Gasteiger charge is 2.10. The van der Waals surface area contributed by atoms with E-state index in [0.717, 1.165) is 29.0 Å². The van der Waals surface area contributed by atoms with E-state index in [1.54, 1.807) is 19.2 Å². The largest absolute Gasteiger partial charge is 0.496 e. The van der Waals surface area contributed by atoms with Gasteiger partial charge in [0.15, 0.2) is 0 Å². The Labute approximate surface area is 179 Å². The molecule has 30 heavy (non-hydrogen) atoms. The summed E-state index contributed by atoms with van der Waals surface area (Å²) < 4.78 is 27.9. The van der Waals surface area contributed by atoms with Gasteiger partial charge in [-0.25, -0.2) is 13.6 Å². The molecule has 0 saturated heterocycles. The van der Waals surface area contributed by atoms with E-state index in [0.29, 0.717) is 25.9 Å². The Hall–Kier alpha value is -2.42. The van der Waals surface area contributed by atoms with Crippen molar-refractivity contribution in [3.05, 3.63) is 58.7 Å². The fourth-order valence-corrected chi connectivity index (χ4v) is 3.93. The predicted molar refractivity (Wildman–Crippen MR) is 118 cm³/mol. The average molecular weight is 434 g/mol. The molecule has 3 N–H and O–H groups in total. The summed E-state index contributed by atoms with van der Waals surface area (Å²) in [5, 5.41) is 7.99. The number of methoxy groups -OCH3 is 1. The predicted octanol–water partition coefficient (Wildman–Crippen LogP) is 2.14. The van der Waals surface area contributed by atoms with Crippen LogP contribution in [0.4, 0.5) is 0 Å². The number of ether oxygens (including phenoxy) is 1. The van der Waals surface area contributed by atoms with Gasteiger partial charge in [-0.1, -0.05) is 24.3 Å². The van der Waals surface area contributed by atoms with E-state index >= 15 is 0 Å². The molecule has 1 amide bonds. The fraction of sp³-hybridized carbons (Fsp3) is 0.409. The fourth-order valence-electron chi connectivity index (χ4n) is 3.42. The summed E-state index contributed by atoms with van der Waals surface area (Å²) in [6, 6.07) is 10.6. The number of hydrogen-bond donors (Lipinski definition) is 2. The summed E-state index contributed by atoms with van der Waals surface area (Å²) in [6.07, 6.45) is 1.03. The third kappa shape index (κ3) is 7.12. The molecular weight excluding hydrogens is 402 g/mol. The quantitative estimate of drug-likeness (QED) is 0.598. The number of primary sulfonamides is 1. The van der Waals surface area contributed by atoms with Gasteiger partial charge in [0.25, 0.3) is 0 Å². The van der Waals surface area contributed by atoms with Crippen LogP contribution in [0.25, 0.3) is 0 Å². The van der Waals surface area contributed by atoms with Crippen LogP contribution in [0, 0.1) is 13.8 Å². The smallest absolute Gasteiger partial charge is 0.238 e. The number of benzene rings is 2. The first-order chi connectivity index (χ1) is 14.1. The maximum atomic E-state index is 12.1. The molecular formula is C22H31N3O4S. The number of nitrogens with two attached hydrogens (primary N) is 1. The van der Waals surface area contributed by atoms with Crippen LogP contribution < -0.4 is 15.2 Å². The first-order valence-electron chi connectivity index (χ1n) is 9.81. The van der Waals surface area contributed by atoms with Gasteiger partial charge in [-0.3, -0.25) is 4.79 Å².